The van der Waals surface area contributed by atoms with Crippen LogP contribution in [0.25, 0.3) is 0 Å². The van der Waals surface area contributed by atoms with Crippen molar-refractivity contribution in [1.82, 2.24) is 0 Å². The number of carbonyl (C=O) groups is 1. The van der Waals surface area contributed by atoms with E-state index < -0.39 is 12.0 Å². The Morgan fingerprint density at radius 2 is 2.28 bits per heavy atom. The van der Waals surface area contributed by atoms with Crippen molar-refractivity contribution in [1.29, 1.82) is 5.26 Å². The van der Waals surface area contributed by atoms with Gasteiger partial charge >= 0.3 is 0 Å². The number of primary amides is 1. The van der Waals surface area contributed by atoms with Crippen LogP contribution < -0.4 is 10.6 Å². The third kappa shape index (κ3) is 3.22. The van der Waals surface area contributed by atoms with Gasteiger partial charge in [-0.15, -0.1) is 0 Å². The molecule has 5 nitrogen and oxygen atoms in total. The highest BCUT2D eigenvalue weighted by atomic mass is 16.3. The molecule has 0 aliphatic rings. The minimum Gasteiger partial charge on any atom is -0.389 e. The van der Waals surface area contributed by atoms with E-state index in [1.807, 2.05) is 13.0 Å². The second-order valence-corrected chi connectivity index (χ2v) is 4.04. The van der Waals surface area contributed by atoms with Crippen LogP contribution in [0.3, 0.4) is 0 Å². The van der Waals surface area contributed by atoms with Crippen LogP contribution in [0.15, 0.2) is 18.2 Å². The van der Waals surface area contributed by atoms with Crippen LogP contribution in [-0.4, -0.2) is 24.1 Å². The molecule has 1 atom stereocenters. The van der Waals surface area contributed by atoms with Gasteiger partial charge in [0.25, 0.3) is 0 Å². The number of hydrogen-bond acceptors (Lipinski definition) is 4. The number of nitrogens with two attached hydrogens (primary N) is 1. The fraction of sp³-hybridized carbons (Fsp3) is 0.385. The summed E-state index contributed by atoms with van der Waals surface area (Å²) in [5.74, 6) is -0.448. The Morgan fingerprint density at radius 1 is 1.61 bits per heavy atom. The summed E-state index contributed by atoms with van der Waals surface area (Å²) in [4.78, 5) is 12.8. The van der Waals surface area contributed by atoms with Gasteiger partial charge in [-0.1, -0.05) is 6.07 Å². The fourth-order valence-corrected chi connectivity index (χ4v) is 1.80. The van der Waals surface area contributed by atoms with Gasteiger partial charge in [-0.05, 0) is 26.0 Å². The summed E-state index contributed by atoms with van der Waals surface area (Å²) >= 11 is 0. The van der Waals surface area contributed by atoms with Crippen molar-refractivity contribution in [2.45, 2.75) is 20.0 Å². The standard InChI is InChI=1S/C13H17N3O2/c1-3-16(8-13(15)18)12-6-10(7-14)4-5-11(12)9(2)17/h4-6,9,17H,3,8H2,1-2H3,(H2,15,18). The molecule has 0 fully saturated rings. The van der Waals surface area contributed by atoms with Crippen molar-refractivity contribution in [2.24, 2.45) is 5.73 Å². The van der Waals surface area contributed by atoms with Gasteiger partial charge < -0.3 is 15.7 Å². The lowest BCUT2D eigenvalue weighted by atomic mass is 10.0. The maximum atomic E-state index is 11.0. The van der Waals surface area contributed by atoms with Crippen molar-refractivity contribution in [3.8, 4) is 6.07 Å². The predicted molar refractivity (Wildman–Crippen MR) is 68.9 cm³/mol. The normalized spacial score (nSPS) is 11.7. The number of nitriles is 1. The monoisotopic (exact) mass is 247 g/mol. The van der Waals surface area contributed by atoms with E-state index in [1.54, 1.807) is 30.0 Å². The van der Waals surface area contributed by atoms with Crippen molar-refractivity contribution in [2.75, 3.05) is 18.0 Å². The Labute approximate surface area is 106 Å². The highest BCUT2D eigenvalue weighted by molar-refractivity contribution is 5.80. The molecule has 0 aliphatic carbocycles. The number of carbonyl (C=O) groups excluding carboxylic acids is 1. The van der Waals surface area contributed by atoms with Crippen LogP contribution in [-0.2, 0) is 4.79 Å². The maximum Gasteiger partial charge on any atom is 0.236 e. The molecule has 1 amide bonds. The first-order valence-electron chi connectivity index (χ1n) is 5.75. The number of benzene rings is 1. The van der Waals surface area contributed by atoms with Gasteiger partial charge in [0, 0.05) is 17.8 Å². The Kier molecular flexibility index (Phi) is 4.69. The number of amides is 1. The molecule has 0 saturated carbocycles. The zero-order valence-electron chi connectivity index (χ0n) is 10.6. The molecule has 1 unspecified atom stereocenters. The lowest BCUT2D eigenvalue weighted by Gasteiger charge is -2.25. The second kappa shape index (κ2) is 6.03. The molecule has 0 radical (unpaired) electrons. The quantitative estimate of drug-likeness (QED) is 0.809. The number of anilines is 1. The summed E-state index contributed by atoms with van der Waals surface area (Å²) < 4.78 is 0. The minimum absolute atomic E-state index is 0.0606. The topological polar surface area (TPSA) is 90.4 Å². The molecule has 0 aliphatic heterocycles. The fourth-order valence-electron chi connectivity index (χ4n) is 1.80. The molecular formula is C13H17N3O2. The molecule has 96 valence electrons. The summed E-state index contributed by atoms with van der Waals surface area (Å²) in [6.45, 7) is 4.15. The third-order valence-corrected chi connectivity index (χ3v) is 2.68. The molecule has 1 rings (SSSR count). The molecule has 3 N–H and O–H groups in total. The van der Waals surface area contributed by atoms with Gasteiger partial charge in [0.1, 0.15) is 0 Å². The number of aliphatic hydroxyl groups is 1. The summed E-state index contributed by atoms with van der Waals surface area (Å²) in [7, 11) is 0. The SMILES string of the molecule is CCN(CC(N)=O)c1cc(C#N)ccc1C(C)O. The highest BCUT2D eigenvalue weighted by Crippen LogP contribution is 2.27. The first kappa shape index (κ1) is 14.0. The number of rotatable bonds is 5. The van der Waals surface area contributed by atoms with Crippen molar-refractivity contribution in [3.05, 3.63) is 29.3 Å². The smallest absolute Gasteiger partial charge is 0.236 e. The second-order valence-electron chi connectivity index (χ2n) is 4.04. The molecule has 0 spiro atoms. The summed E-state index contributed by atoms with van der Waals surface area (Å²) in [5, 5.41) is 18.6. The molecule has 0 saturated heterocycles. The Hall–Kier alpha value is -2.06. The molecule has 1 aromatic carbocycles. The summed E-state index contributed by atoms with van der Waals surface area (Å²) in [5.41, 5.74) is 7.03. The van der Waals surface area contributed by atoms with Gasteiger partial charge in [-0.25, -0.2) is 0 Å². The lowest BCUT2D eigenvalue weighted by Crippen LogP contribution is -2.34. The first-order chi connectivity index (χ1) is 8.49. The van der Waals surface area contributed by atoms with E-state index in [0.717, 1.165) is 0 Å². The zero-order valence-corrected chi connectivity index (χ0v) is 10.6. The number of aliphatic hydroxyl groups excluding tert-OH is 1. The van der Waals surface area contributed by atoms with Crippen molar-refractivity contribution in [3.63, 3.8) is 0 Å². The van der Waals surface area contributed by atoms with Crippen molar-refractivity contribution < 1.29 is 9.90 Å². The Morgan fingerprint density at radius 3 is 2.72 bits per heavy atom. The van der Waals surface area contributed by atoms with E-state index in [9.17, 15) is 9.90 Å². The first-order valence-corrected chi connectivity index (χ1v) is 5.75. The summed E-state index contributed by atoms with van der Waals surface area (Å²) in [6, 6.07) is 7.04. The molecular weight excluding hydrogens is 230 g/mol. The van der Waals surface area contributed by atoms with E-state index in [1.165, 1.54) is 0 Å². The molecule has 5 heteroatoms. The minimum atomic E-state index is -0.672. The van der Waals surface area contributed by atoms with E-state index in [2.05, 4.69) is 0 Å². The average Bonchev–Trinajstić information content (AvgIpc) is 2.34. The van der Waals surface area contributed by atoms with Crippen LogP contribution in [0.5, 0.6) is 0 Å². The van der Waals surface area contributed by atoms with E-state index in [4.69, 9.17) is 11.0 Å². The zero-order chi connectivity index (χ0) is 13.7. The number of hydrogen-bond donors (Lipinski definition) is 2. The number of likely N-dealkylation sites (N-methyl/N-ethyl adjacent to an activating group) is 1. The average molecular weight is 247 g/mol. The maximum absolute atomic E-state index is 11.0. The van der Waals surface area contributed by atoms with Crippen LogP contribution >= 0.6 is 0 Å². The van der Waals surface area contributed by atoms with Gasteiger partial charge in [0.2, 0.25) is 5.91 Å². The molecule has 0 bridgehead atoms. The third-order valence-electron chi connectivity index (χ3n) is 2.68. The van der Waals surface area contributed by atoms with Gasteiger partial charge in [0.15, 0.2) is 0 Å². The Balaban J connectivity index is 3.24. The molecule has 18 heavy (non-hydrogen) atoms. The van der Waals surface area contributed by atoms with Gasteiger partial charge in [-0.3, -0.25) is 4.79 Å². The highest BCUT2D eigenvalue weighted by Gasteiger charge is 2.15. The van der Waals surface area contributed by atoms with Crippen LogP contribution in [0.1, 0.15) is 31.1 Å². The van der Waals surface area contributed by atoms with E-state index in [-0.39, 0.29) is 6.54 Å². The molecule has 0 heterocycles. The van der Waals surface area contributed by atoms with Crippen molar-refractivity contribution >= 4 is 11.6 Å². The van der Waals surface area contributed by atoms with Crippen LogP contribution in [0.4, 0.5) is 5.69 Å². The summed E-state index contributed by atoms with van der Waals surface area (Å²) in [6.07, 6.45) is -0.672. The van der Waals surface area contributed by atoms with Gasteiger partial charge in [0.05, 0.1) is 24.3 Å². The Bertz CT molecular complexity index is 478. The molecule has 0 aromatic heterocycles. The van der Waals surface area contributed by atoms with Crippen LogP contribution in [0.2, 0.25) is 0 Å². The van der Waals surface area contributed by atoms with E-state index >= 15 is 0 Å². The van der Waals surface area contributed by atoms with Gasteiger partial charge in [-0.2, -0.15) is 5.26 Å². The van der Waals surface area contributed by atoms with E-state index in [0.29, 0.717) is 23.4 Å². The predicted octanol–water partition coefficient (Wildman–Crippen LogP) is 0.923. The van der Waals surface area contributed by atoms with Crippen LogP contribution in [0, 0.1) is 11.3 Å². The molecule has 1 aromatic rings. The largest absolute Gasteiger partial charge is 0.389 e. The lowest BCUT2D eigenvalue weighted by molar-refractivity contribution is -0.116. The number of nitrogens with zero attached hydrogens (tertiary/aromatic N) is 2.